The SMILES string of the molecule is CC(C)CNC(=O)C(C)NC1CCN(C(C)C)C1. The Morgan fingerprint density at radius 2 is 1.94 bits per heavy atom. The lowest BCUT2D eigenvalue weighted by Crippen LogP contribution is -2.48. The molecule has 1 saturated heterocycles. The molecular weight excluding hydrogens is 226 g/mol. The van der Waals surface area contributed by atoms with Crippen LogP contribution in [0.5, 0.6) is 0 Å². The molecule has 2 N–H and O–H groups in total. The third-order valence-electron chi connectivity index (χ3n) is 3.51. The van der Waals surface area contributed by atoms with E-state index in [4.69, 9.17) is 0 Å². The number of nitrogens with one attached hydrogen (secondary N) is 2. The Bertz CT molecular complexity index is 266. The molecule has 1 heterocycles. The Labute approximate surface area is 111 Å². The molecule has 106 valence electrons. The normalized spacial score (nSPS) is 22.7. The lowest BCUT2D eigenvalue weighted by Gasteiger charge is -2.22. The number of hydrogen-bond donors (Lipinski definition) is 2. The number of carbonyl (C=O) groups excluding carboxylic acids is 1. The van der Waals surface area contributed by atoms with Crippen LogP contribution in [0.1, 0.15) is 41.0 Å². The molecule has 1 aliphatic heterocycles. The van der Waals surface area contributed by atoms with Gasteiger partial charge in [-0.05, 0) is 39.7 Å². The second kappa shape index (κ2) is 7.10. The van der Waals surface area contributed by atoms with Crippen LogP contribution in [0.2, 0.25) is 0 Å². The van der Waals surface area contributed by atoms with E-state index in [1.54, 1.807) is 0 Å². The van der Waals surface area contributed by atoms with Crippen LogP contribution in [0.4, 0.5) is 0 Å². The van der Waals surface area contributed by atoms with Crippen molar-refractivity contribution < 1.29 is 4.79 Å². The summed E-state index contributed by atoms with van der Waals surface area (Å²) in [5, 5.41) is 6.41. The zero-order valence-electron chi connectivity index (χ0n) is 12.5. The fourth-order valence-corrected chi connectivity index (χ4v) is 2.28. The molecule has 0 bridgehead atoms. The minimum Gasteiger partial charge on any atom is -0.354 e. The number of carbonyl (C=O) groups is 1. The van der Waals surface area contributed by atoms with E-state index < -0.39 is 0 Å². The van der Waals surface area contributed by atoms with Crippen molar-refractivity contribution in [3.05, 3.63) is 0 Å². The first-order chi connectivity index (χ1) is 8.40. The molecule has 1 rings (SSSR count). The van der Waals surface area contributed by atoms with E-state index in [0.29, 0.717) is 18.0 Å². The Balaban J connectivity index is 2.28. The van der Waals surface area contributed by atoms with Crippen molar-refractivity contribution in [1.29, 1.82) is 0 Å². The quantitative estimate of drug-likeness (QED) is 0.750. The number of likely N-dealkylation sites (tertiary alicyclic amines) is 1. The van der Waals surface area contributed by atoms with Crippen LogP contribution in [0.25, 0.3) is 0 Å². The van der Waals surface area contributed by atoms with Gasteiger partial charge in [-0.25, -0.2) is 0 Å². The van der Waals surface area contributed by atoms with E-state index in [1.807, 2.05) is 6.92 Å². The van der Waals surface area contributed by atoms with Crippen LogP contribution in [0.3, 0.4) is 0 Å². The summed E-state index contributed by atoms with van der Waals surface area (Å²) in [7, 11) is 0. The van der Waals surface area contributed by atoms with Gasteiger partial charge in [-0.1, -0.05) is 13.8 Å². The molecule has 0 saturated carbocycles. The van der Waals surface area contributed by atoms with Gasteiger partial charge in [-0.15, -0.1) is 0 Å². The highest BCUT2D eigenvalue weighted by atomic mass is 16.2. The zero-order chi connectivity index (χ0) is 13.7. The number of amides is 1. The smallest absolute Gasteiger partial charge is 0.236 e. The molecule has 0 aromatic carbocycles. The zero-order valence-corrected chi connectivity index (χ0v) is 12.5. The van der Waals surface area contributed by atoms with Crippen molar-refractivity contribution in [3.8, 4) is 0 Å². The predicted molar refractivity (Wildman–Crippen MR) is 75.6 cm³/mol. The van der Waals surface area contributed by atoms with Crippen LogP contribution in [0.15, 0.2) is 0 Å². The van der Waals surface area contributed by atoms with Gasteiger partial charge in [0.2, 0.25) is 5.91 Å². The van der Waals surface area contributed by atoms with E-state index in [2.05, 4.69) is 43.2 Å². The lowest BCUT2D eigenvalue weighted by molar-refractivity contribution is -0.123. The second-order valence-electron chi connectivity index (χ2n) is 6.10. The Morgan fingerprint density at radius 1 is 1.28 bits per heavy atom. The molecule has 0 spiro atoms. The first kappa shape index (κ1) is 15.4. The predicted octanol–water partition coefficient (Wildman–Crippen LogP) is 1.22. The van der Waals surface area contributed by atoms with Gasteiger partial charge in [0.15, 0.2) is 0 Å². The summed E-state index contributed by atoms with van der Waals surface area (Å²) in [6, 6.07) is 0.954. The summed E-state index contributed by atoms with van der Waals surface area (Å²) in [6.45, 7) is 13.6. The van der Waals surface area contributed by atoms with Crippen molar-refractivity contribution in [2.24, 2.45) is 5.92 Å². The summed E-state index contributed by atoms with van der Waals surface area (Å²) in [6.07, 6.45) is 1.14. The molecular formula is C14H29N3O. The van der Waals surface area contributed by atoms with Crippen LogP contribution >= 0.6 is 0 Å². The summed E-state index contributed by atoms with van der Waals surface area (Å²) >= 11 is 0. The van der Waals surface area contributed by atoms with E-state index in [0.717, 1.165) is 26.1 Å². The topological polar surface area (TPSA) is 44.4 Å². The maximum Gasteiger partial charge on any atom is 0.236 e. The van der Waals surface area contributed by atoms with Crippen molar-refractivity contribution in [2.75, 3.05) is 19.6 Å². The van der Waals surface area contributed by atoms with Crippen LogP contribution in [0, 0.1) is 5.92 Å². The molecule has 1 aliphatic rings. The molecule has 0 aliphatic carbocycles. The minimum absolute atomic E-state index is 0.0964. The van der Waals surface area contributed by atoms with Gasteiger partial charge in [0.05, 0.1) is 6.04 Å². The largest absolute Gasteiger partial charge is 0.354 e. The number of nitrogens with zero attached hydrogens (tertiary/aromatic N) is 1. The summed E-state index contributed by atoms with van der Waals surface area (Å²) < 4.78 is 0. The molecule has 1 amide bonds. The molecule has 0 radical (unpaired) electrons. The van der Waals surface area contributed by atoms with Gasteiger partial charge in [0.25, 0.3) is 0 Å². The van der Waals surface area contributed by atoms with Gasteiger partial charge in [-0.3, -0.25) is 9.69 Å². The monoisotopic (exact) mass is 255 g/mol. The fraction of sp³-hybridized carbons (Fsp3) is 0.929. The fourth-order valence-electron chi connectivity index (χ4n) is 2.28. The summed E-state index contributed by atoms with van der Waals surface area (Å²) in [5.41, 5.74) is 0. The van der Waals surface area contributed by atoms with Gasteiger partial charge in [-0.2, -0.15) is 0 Å². The van der Waals surface area contributed by atoms with Crippen LogP contribution in [-0.2, 0) is 4.79 Å². The summed E-state index contributed by atoms with van der Waals surface area (Å²) in [5.74, 6) is 0.621. The van der Waals surface area contributed by atoms with Gasteiger partial charge in [0.1, 0.15) is 0 Å². The third-order valence-corrected chi connectivity index (χ3v) is 3.51. The van der Waals surface area contributed by atoms with Gasteiger partial charge >= 0.3 is 0 Å². The van der Waals surface area contributed by atoms with E-state index in [-0.39, 0.29) is 11.9 Å². The number of hydrogen-bond acceptors (Lipinski definition) is 3. The Morgan fingerprint density at radius 3 is 2.44 bits per heavy atom. The van der Waals surface area contributed by atoms with Crippen molar-refractivity contribution >= 4 is 5.91 Å². The van der Waals surface area contributed by atoms with Crippen LogP contribution in [-0.4, -0.2) is 48.6 Å². The highest BCUT2D eigenvalue weighted by Gasteiger charge is 2.26. The van der Waals surface area contributed by atoms with Crippen molar-refractivity contribution in [2.45, 2.75) is 59.2 Å². The average molecular weight is 255 g/mol. The third kappa shape index (κ3) is 4.94. The van der Waals surface area contributed by atoms with E-state index in [9.17, 15) is 4.79 Å². The molecule has 0 aromatic heterocycles. The lowest BCUT2D eigenvalue weighted by atomic mass is 10.2. The molecule has 2 atom stereocenters. The molecule has 0 aromatic rings. The minimum atomic E-state index is -0.0964. The molecule has 1 fully saturated rings. The molecule has 4 nitrogen and oxygen atoms in total. The first-order valence-electron chi connectivity index (χ1n) is 7.18. The Kier molecular flexibility index (Phi) is 6.09. The molecule has 4 heteroatoms. The Hall–Kier alpha value is -0.610. The van der Waals surface area contributed by atoms with Crippen molar-refractivity contribution in [3.63, 3.8) is 0 Å². The van der Waals surface area contributed by atoms with E-state index >= 15 is 0 Å². The first-order valence-corrected chi connectivity index (χ1v) is 7.18. The van der Waals surface area contributed by atoms with Gasteiger partial charge < -0.3 is 10.6 Å². The maximum atomic E-state index is 11.9. The van der Waals surface area contributed by atoms with Crippen LogP contribution < -0.4 is 10.6 Å². The van der Waals surface area contributed by atoms with Gasteiger partial charge in [0, 0.05) is 25.2 Å². The highest BCUT2D eigenvalue weighted by molar-refractivity contribution is 5.81. The standard InChI is InChI=1S/C14H29N3O/c1-10(2)8-15-14(18)12(5)16-13-6-7-17(9-13)11(3)4/h10-13,16H,6-9H2,1-5H3,(H,15,18). The number of rotatable bonds is 6. The van der Waals surface area contributed by atoms with E-state index in [1.165, 1.54) is 0 Å². The second-order valence-corrected chi connectivity index (χ2v) is 6.10. The van der Waals surface area contributed by atoms with Crippen molar-refractivity contribution in [1.82, 2.24) is 15.5 Å². The molecule has 2 unspecified atom stereocenters. The molecule has 18 heavy (non-hydrogen) atoms. The highest BCUT2D eigenvalue weighted by Crippen LogP contribution is 2.12. The maximum absolute atomic E-state index is 11.9. The average Bonchev–Trinajstić information content (AvgIpc) is 2.74. The summed E-state index contributed by atoms with van der Waals surface area (Å²) in [4.78, 5) is 14.3.